The van der Waals surface area contributed by atoms with Crippen LogP contribution >= 0.6 is 0 Å². The second-order valence-electron chi connectivity index (χ2n) is 4.64. The molecule has 1 aromatic carbocycles. The first-order chi connectivity index (χ1) is 10.1. The van der Waals surface area contributed by atoms with Gasteiger partial charge in [-0.3, -0.25) is 0 Å². The summed E-state index contributed by atoms with van der Waals surface area (Å²) in [5, 5.41) is 16.9. The van der Waals surface area contributed by atoms with Crippen molar-refractivity contribution in [1.29, 1.82) is 0 Å². The number of carboxylic acids is 2. The molecule has 2 unspecified atom stereocenters. The minimum absolute atomic E-state index is 0.0833. The largest absolute Gasteiger partial charge is 0.478 e. The molecule has 3 rings (SSSR count). The van der Waals surface area contributed by atoms with Gasteiger partial charge in [0.1, 0.15) is 12.2 Å². The van der Waals surface area contributed by atoms with Crippen LogP contribution in [0.2, 0.25) is 0 Å². The van der Waals surface area contributed by atoms with Crippen molar-refractivity contribution in [2.75, 3.05) is 26.4 Å². The molecule has 1 aromatic rings. The third-order valence-corrected chi connectivity index (χ3v) is 2.79. The number of aromatic carboxylic acids is 2. The maximum atomic E-state index is 10.3. The Kier molecular flexibility index (Phi) is 5.26. The lowest BCUT2D eigenvalue weighted by atomic mass is 10.1. The van der Waals surface area contributed by atoms with E-state index < -0.39 is 11.9 Å². The van der Waals surface area contributed by atoms with Crippen molar-refractivity contribution >= 4 is 11.9 Å². The Morgan fingerprint density at radius 3 is 1.52 bits per heavy atom. The second kappa shape index (κ2) is 7.16. The molecule has 0 bridgehead atoms. The summed E-state index contributed by atoms with van der Waals surface area (Å²) in [7, 11) is 0. The topological polar surface area (TPSA) is 109 Å². The molecule has 2 fully saturated rings. The molecular formula is C14H16O7. The van der Waals surface area contributed by atoms with Gasteiger partial charge in [0.25, 0.3) is 0 Å². The molecule has 2 aliphatic heterocycles. The van der Waals surface area contributed by atoms with E-state index in [1.165, 1.54) is 24.3 Å². The van der Waals surface area contributed by atoms with Gasteiger partial charge < -0.3 is 24.4 Å². The fourth-order valence-corrected chi connectivity index (χ4v) is 1.41. The van der Waals surface area contributed by atoms with Crippen molar-refractivity contribution in [2.24, 2.45) is 0 Å². The molecule has 0 amide bonds. The zero-order valence-corrected chi connectivity index (χ0v) is 11.2. The zero-order valence-electron chi connectivity index (χ0n) is 11.2. The molecule has 0 aromatic heterocycles. The van der Waals surface area contributed by atoms with E-state index in [9.17, 15) is 9.59 Å². The first kappa shape index (κ1) is 15.4. The van der Waals surface area contributed by atoms with Crippen LogP contribution in [0.15, 0.2) is 24.3 Å². The summed E-state index contributed by atoms with van der Waals surface area (Å²) in [6.07, 6.45) is 0.785. The van der Waals surface area contributed by atoms with Gasteiger partial charge >= 0.3 is 11.9 Å². The Morgan fingerprint density at radius 1 is 0.952 bits per heavy atom. The summed E-state index contributed by atoms with van der Waals surface area (Å²) >= 11 is 0. The quantitative estimate of drug-likeness (QED) is 0.750. The van der Waals surface area contributed by atoms with E-state index in [4.69, 9.17) is 24.4 Å². The molecule has 2 atom stereocenters. The normalized spacial score (nSPS) is 21.9. The molecule has 2 N–H and O–H groups in total. The van der Waals surface area contributed by atoms with E-state index in [-0.39, 0.29) is 11.1 Å². The van der Waals surface area contributed by atoms with Crippen LogP contribution in [-0.4, -0.2) is 60.8 Å². The number of carbonyl (C=O) groups is 2. The highest BCUT2D eigenvalue weighted by atomic mass is 16.6. The van der Waals surface area contributed by atoms with Crippen LogP contribution in [0.1, 0.15) is 20.7 Å². The van der Waals surface area contributed by atoms with Crippen LogP contribution in [0.3, 0.4) is 0 Å². The van der Waals surface area contributed by atoms with Crippen LogP contribution < -0.4 is 0 Å². The third kappa shape index (κ3) is 5.90. The Morgan fingerprint density at radius 2 is 1.29 bits per heavy atom. The van der Waals surface area contributed by atoms with E-state index in [1.807, 2.05) is 0 Å². The average molecular weight is 296 g/mol. The fourth-order valence-electron chi connectivity index (χ4n) is 1.41. The van der Waals surface area contributed by atoms with Crippen molar-refractivity contribution in [3.8, 4) is 0 Å². The molecule has 0 saturated carbocycles. The molecule has 0 spiro atoms. The summed E-state index contributed by atoms with van der Waals surface area (Å²) in [4.78, 5) is 20.7. The minimum atomic E-state index is -1.06. The van der Waals surface area contributed by atoms with Crippen LogP contribution in [-0.2, 0) is 14.2 Å². The van der Waals surface area contributed by atoms with Crippen molar-refractivity contribution in [3.63, 3.8) is 0 Å². The molecule has 2 aliphatic rings. The smallest absolute Gasteiger partial charge is 0.335 e. The van der Waals surface area contributed by atoms with E-state index in [0.29, 0.717) is 12.2 Å². The van der Waals surface area contributed by atoms with Gasteiger partial charge in [0, 0.05) is 0 Å². The monoisotopic (exact) mass is 296 g/mol. The molecule has 21 heavy (non-hydrogen) atoms. The van der Waals surface area contributed by atoms with Gasteiger partial charge in [0.2, 0.25) is 0 Å². The van der Waals surface area contributed by atoms with E-state index in [2.05, 4.69) is 0 Å². The van der Waals surface area contributed by atoms with Crippen molar-refractivity contribution in [3.05, 3.63) is 35.4 Å². The van der Waals surface area contributed by atoms with Crippen molar-refractivity contribution < 1.29 is 34.0 Å². The number of rotatable bonds is 6. The van der Waals surface area contributed by atoms with Crippen LogP contribution in [0.5, 0.6) is 0 Å². The first-order valence-corrected chi connectivity index (χ1v) is 6.44. The lowest BCUT2D eigenvalue weighted by Crippen LogP contribution is -2.06. The van der Waals surface area contributed by atoms with Gasteiger partial charge in [-0.15, -0.1) is 0 Å². The van der Waals surface area contributed by atoms with Gasteiger partial charge in [0.05, 0.1) is 37.6 Å². The van der Waals surface area contributed by atoms with Crippen molar-refractivity contribution in [1.82, 2.24) is 0 Å². The lowest BCUT2D eigenvalue weighted by Gasteiger charge is -1.95. The molecule has 0 aliphatic carbocycles. The minimum Gasteiger partial charge on any atom is -0.478 e. The molecule has 7 heteroatoms. The Hall–Kier alpha value is -1.96. The maximum absolute atomic E-state index is 10.3. The zero-order chi connectivity index (χ0) is 15.2. The molecule has 0 radical (unpaired) electrons. The molecule has 114 valence electrons. The number of ether oxygens (including phenoxy) is 3. The Labute approximate surface area is 121 Å². The van der Waals surface area contributed by atoms with Crippen LogP contribution in [0.25, 0.3) is 0 Å². The number of hydrogen-bond acceptors (Lipinski definition) is 5. The van der Waals surface area contributed by atoms with E-state index >= 15 is 0 Å². The van der Waals surface area contributed by atoms with Gasteiger partial charge in [0.15, 0.2) is 0 Å². The fraction of sp³-hybridized carbons (Fsp3) is 0.429. The van der Waals surface area contributed by atoms with Crippen LogP contribution in [0, 0.1) is 0 Å². The third-order valence-electron chi connectivity index (χ3n) is 2.79. The average Bonchev–Trinajstić information content (AvgIpc) is 3.34. The van der Waals surface area contributed by atoms with Gasteiger partial charge in [-0.25, -0.2) is 9.59 Å². The standard InChI is InChI=1S/C8H6O4.C6H10O3/c9-7(10)5-1-2-6(4-3-5)8(11)12;1(5-3-8-5)7-2-6-4-9-6/h1-4H,(H,9,10)(H,11,12);5-6H,1-4H2. The van der Waals surface area contributed by atoms with Gasteiger partial charge in [-0.2, -0.15) is 0 Å². The van der Waals surface area contributed by atoms with Crippen molar-refractivity contribution in [2.45, 2.75) is 12.2 Å². The van der Waals surface area contributed by atoms with E-state index in [1.54, 1.807) is 0 Å². The summed E-state index contributed by atoms with van der Waals surface area (Å²) in [5.74, 6) is -2.13. The van der Waals surface area contributed by atoms with Crippen LogP contribution in [0.4, 0.5) is 0 Å². The Bertz CT molecular complexity index is 444. The highest BCUT2D eigenvalue weighted by Crippen LogP contribution is 2.12. The summed E-state index contributed by atoms with van der Waals surface area (Å²) in [5.41, 5.74) is 0.167. The molecule has 2 heterocycles. The molecular weight excluding hydrogens is 280 g/mol. The number of benzene rings is 1. The van der Waals surface area contributed by atoms with E-state index in [0.717, 1.165) is 26.4 Å². The maximum Gasteiger partial charge on any atom is 0.335 e. The molecule has 2 saturated heterocycles. The number of hydrogen-bond donors (Lipinski definition) is 2. The first-order valence-electron chi connectivity index (χ1n) is 6.44. The highest BCUT2D eigenvalue weighted by molar-refractivity contribution is 5.91. The predicted octanol–water partition coefficient (Wildman–Crippen LogP) is 0.884. The van der Waals surface area contributed by atoms with Gasteiger partial charge in [-0.05, 0) is 24.3 Å². The second-order valence-corrected chi connectivity index (χ2v) is 4.64. The van der Waals surface area contributed by atoms with Gasteiger partial charge in [-0.1, -0.05) is 0 Å². The summed E-state index contributed by atoms with van der Waals surface area (Å²) in [6, 6.07) is 5.02. The molecule has 7 nitrogen and oxygen atoms in total. The number of carboxylic acid groups (broad SMARTS) is 2. The summed E-state index contributed by atoms with van der Waals surface area (Å²) in [6.45, 7) is 3.26. The summed E-state index contributed by atoms with van der Waals surface area (Å²) < 4.78 is 15.1. The number of epoxide rings is 2. The Balaban J connectivity index is 0.000000159. The predicted molar refractivity (Wildman–Crippen MR) is 70.7 cm³/mol. The SMILES string of the molecule is C(OCC1CO1)C1CO1.O=C(O)c1ccc(C(=O)O)cc1. The lowest BCUT2D eigenvalue weighted by molar-refractivity contribution is 0.0681. The highest BCUT2D eigenvalue weighted by Gasteiger charge is 2.26.